The fourth-order valence-electron chi connectivity index (χ4n) is 3.01. The van der Waals surface area contributed by atoms with Crippen LogP contribution in [0.2, 0.25) is 0 Å². The molecule has 0 saturated carbocycles. The summed E-state index contributed by atoms with van der Waals surface area (Å²) >= 11 is 0. The van der Waals surface area contributed by atoms with Crippen LogP contribution >= 0.6 is 0 Å². The third kappa shape index (κ3) is 1.73. The van der Waals surface area contributed by atoms with Crippen LogP contribution in [-0.4, -0.2) is 22.2 Å². The second-order valence-corrected chi connectivity index (χ2v) is 5.57. The zero-order valence-electron chi connectivity index (χ0n) is 11.2. The zero-order valence-corrected chi connectivity index (χ0v) is 11.2. The minimum Gasteiger partial charge on any atom is -0.489 e. The fourth-order valence-corrected chi connectivity index (χ4v) is 3.01. The first kappa shape index (κ1) is 13.1. The van der Waals surface area contributed by atoms with E-state index in [1.54, 1.807) is 6.92 Å². The lowest BCUT2D eigenvalue weighted by atomic mass is 9.77. The third-order valence-electron chi connectivity index (χ3n) is 4.23. The van der Waals surface area contributed by atoms with Gasteiger partial charge in [-0.15, -0.1) is 0 Å². The molecule has 0 bridgehead atoms. The molecule has 0 aromatic rings. The van der Waals surface area contributed by atoms with Crippen LogP contribution < -0.4 is 0 Å². The quantitative estimate of drug-likeness (QED) is 0.605. The van der Waals surface area contributed by atoms with Crippen LogP contribution in [0.25, 0.3) is 0 Å². The van der Waals surface area contributed by atoms with Crippen molar-refractivity contribution in [1.29, 1.82) is 0 Å². The van der Waals surface area contributed by atoms with Crippen molar-refractivity contribution in [3.8, 4) is 0 Å². The van der Waals surface area contributed by atoms with E-state index in [-0.39, 0.29) is 29.1 Å². The lowest BCUT2D eigenvalue weighted by molar-refractivity contribution is -0.436. The van der Waals surface area contributed by atoms with Gasteiger partial charge in [-0.05, 0) is 32.8 Å². The minimum atomic E-state index is -0.609. The summed E-state index contributed by atoms with van der Waals surface area (Å²) < 4.78 is 5.86. The molecule has 1 heterocycles. The molecule has 0 aromatic heterocycles. The number of nitro groups is 1. The summed E-state index contributed by atoms with van der Waals surface area (Å²) in [5.41, 5.74) is 1.22. The number of rotatable bonds is 2. The zero-order chi connectivity index (χ0) is 13.7. The molecule has 1 aliphatic carbocycles. The molecule has 1 saturated heterocycles. The number of aliphatic hydroxyl groups is 1. The molecule has 5 nitrogen and oxygen atoms in total. The highest BCUT2D eigenvalue weighted by molar-refractivity contribution is 5.40. The van der Waals surface area contributed by atoms with Gasteiger partial charge in [0.1, 0.15) is 11.4 Å². The summed E-state index contributed by atoms with van der Waals surface area (Å²) in [5.74, 6) is 0.653. The third-order valence-corrected chi connectivity index (χ3v) is 4.23. The van der Waals surface area contributed by atoms with Gasteiger partial charge >= 0.3 is 0 Å². The maximum atomic E-state index is 11.2. The molecule has 0 aromatic carbocycles. The molecule has 1 aliphatic heterocycles. The Labute approximate surface area is 106 Å². The number of nitrogens with zero attached hydrogens (tertiary/aromatic N) is 1. The van der Waals surface area contributed by atoms with Gasteiger partial charge in [-0.2, -0.15) is 0 Å². The number of ether oxygens (including phenoxy) is 1. The van der Waals surface area contributed by atoms with E-state index in [9.17, 15) is 15.2 Å². The van der Waals surface area contributed by atoms with Crippen LogP contribution in [0.4, 0.5) is 0 Å². The van der Waals surface area contributed by atoms with Crippen LogP contribution in [0.1, 0.15) is 34.1 Å². The Bertz CT molecular complexity index is 466. The molecule has 1 fully saturated rings. The highest BCUT2D eigenvalue weighted by Gasteiger charge is 2.49. The number of aliphatic hydroxyl groups excluding tert-OH is 1. The van der Waals surface area contributed by atoms with E-state index in [2.05, 4.69) is 0 Å². The molecule has 2 aliphatic rings. The first-order chi connectivity index (χ1) is 8.30. The molecule has 3 unspecified atom stereocenters. The SMILES string of the molecule is CC1=C2OC(C)(CO)CC2C(C)C([N+](=O)[O-])=C1C. The molecule has 18 heavy (non-hydrogen) atoms. The maximum absolute atomic E-state index is 11.2. The molecule has 1 N–H and O–H groups in total. The van der Waals surface area contributed by atoms with E-state index in [0.717, 1.165) is 11.3 Å². The molecule has 2 rings (SSSR count). The molecule has 3 atom stereocenters. The van der Waals surface area contributed by atoms with Crippen molar-refractivity contribution in [3.63, 3.8) is 0 Å². The molecule has 0 spiro atoms. The predicted molar refractivity (Wildman–Crippen MR) is 66.2 cm³/mol. The Kier molecular flexibility index (Phi) is 2.97. The Hall–Kier alpha value is -1.36. The molecule has 0 radical (unpaired) electrons. The van der Waals surface area contributed by atoms with Crippen molar-refractivity contribution < 1.29 is 14.8 Å². The average Bonchev–Trinajstić information content (AvgIpc) is 2.66. The van der Waals surface area contributed by atoms with Crippen molar-refractivity contribution in [1.82, 2.24) is 0 Å². The topological polar surface area (TPSA) is 72.6 Å². The van der Waals surface area contributed by atoms with Crippen LogP contribution in [0.15, 0.2) is 22.6 Å². The predicted octanol–water partition coefficient (Wildman–Crippen LogP) is 2.25. The first-order valence-electron chi connectivity index (χ1n) is 6.17. The number of hydrogen-bond donors (Lipinski definition) is 1. The normalized spacial score (nSPS) is 35.6. The summed E-state index contributed by atoms with van der Waals surface area (Å²) in [5, 5.41) is 20.6. The minimum absolute atomic E-state index is 0.00579. The second kappa shape index (κ2) is 4.09. The highest BCUT2D eigenvalue weighted by atomic mass is 16.6. The van der Waals surface area contributed by atoms with Crippen LogP contribution in [0, 0.1) is 22.0 Å². The Morgan fingerprint density at radius 3 is 2.61 bits per heavy atom. The van der Waals surface area contributed by atoms with Gasteiger partial charge < -0.3 is 9.84 Å². The van der Waals surface area contributed by atoms with Gasteiger partial charge in [0.2, 0.25) is 0 Å². The van der Waals surface area contributed by atoms with Gasteiger partial charge in [0.15, 0.2) is 0 Å². The Morgan fingerprint density at radius 2 is 2.11 bits per heavy atom. The van der Waals surface area contributed by atoms with Crippen molar-refractivity contribution in [3.05, 3.63) is 32.7 Å². The van der Waals surface area contributed by atoms with E-state index in [0.29, 0.717) is 12.0 Å². The van der Waals surface area contributed by atoms with E-state index in [1.807, 2.05) is 20.8 Å². The van der Waals surface area contributed by atoms with Gasteiger partial charge in [0.25, 0.3) is 5.70 Å². The first-order valence-corrected chi connectivity index (χ1v) is 6.17. The number of hydrogen-bond acceptors (Lipinski definition) is 4. The molecule has 100 valence electrons. The largest absolute Gasteiger partial charge is 0.489 e. The van der Waals surface area contributed by atoms with Gasteiger partial charge in [-0.1, -0.05) is 6.92 Å². The summed E-state index contributed by atoms with van der Waals surface area (Å²) in [6.07, 6.45) is 0.627. The smallest absolute Gasteiger partial charge is 0.253 e. The Balaban J connectivity index is 2.48. The molecule has 0 amide bonds. The van der Waals surface area contributed by atoms with E-state index in [4.69, 9.17) is 4.74 Å². The molecular formula is C13H19NO4. The average molecular weight is 253 g/mol. The number of allylic oxidation sites excluding steroid dienone is 4. The van der Waals surface area contributed by atoms with Gasteiger partial charge in [-0.3, -0.25) is 10.1 Å². The lowest BCUT2D eigenvalue weighted by Crippen LogP contribution is -2.28. The summed E-state index contributed by atoms with van der Waals surface area (Å²) in [4.78, 5) is 10.9. The summed E-state index contributed by atoms with van der Waals surface area (Å²) in [7, 11) is 0. The van der Waals surface area contributed by atoms with Gasteiger partial charge in [0.05, 0.1) is 17.4 Å². The van der Waals surface area contributed by atoms with Crippen molar-refractivity contribution in [2.24, 2.45) is 11.8 Å². The fraction of sp³-hybridized carbons (Fsp3) is 0.692. The van der Waals surface area contributed by atoms with Crippen molar-refractivity contribution >= 4 is 0 Å². The van der Waals surface area contributed by atoms with Crippen molar-refractivity contribution in [2.75, 3.05) is 6.61 Å². The molecule has 5 heteroatoms. The van der Waals surface area contributed by atoms with E-state index in [1.165, 1.54) is 0 Å². The highest BCUT2D eigenvalue weighted by Crippen LogP contribution is 2.49. The van der Waals surface area contributed by atoms with Gasteiger partial charge in [-0.25, -0.2) is 0 Å². The summed E-state index contributed by atoms with van der Waals surface area (Å²) in [6, 6.07) is 0. The van der Waals surface area contributed by atoms with Crippen LogP contribution in [0.5, 0.6) is 0 Å². The van der Waals surface area contributed by atoms with E-state index < -0.39 is 5.60 Å². The van der Waals surface area contributed by atoms with E-state index >= 15 is 0 Å². The molecular weight excluding hydrogens is 234 g/mol. The number of fused-ring (bicyclic) bond motifs is 1. The standard InChI is InChI=1S/C13H19NO4/c1-7-8(2)12-10(5-13(4,6-15)18-12)9(3)11(7)14(16)17/h9-10,15H,5-6H2,1-4H3. The van der Waals surface area contributed by atoms with Crippen molar-refractivity contribution in [2.45, 2.75) is 39.7 Å². The monoisotopic (exact) mass is 253 g/mol. The van der Waals surface area contributed by atoms with Crippen LogP contribution in [0.3, 0.4) is 0 Å². The maximum Gasteiger partial charge on any atom is 0.253 e. The lowest BCUT2D eigenvalue weighted by Gasteiger charge is -2.25. The summed E-state index contributed by atoms with van der Waals surface area (Å²) in [6.45, 7) is 7.27. The van der Waals surface area contributed by atoms with Gasteiger partial charge in [0, 0.05) is 11.5 Å². The second-order valence-electron chi connectivity index (χ2n) is 5.57. The van der Waals surface area contributed by atoms with Crippen LogP contribution in [-0.2, 0) is 4.74 Å². The Morgan fingerprint density at radius 1 is 1.50 bits per heavy atom.